The molecule has 1 atom stereocenters. The highest BCUT2D eigenvalue weighted by Gasteiger charge is 2.33. The van der Waals surface area contributed by atoms with E-state index in [1.54, 1.807) is 6.07 Å². The molecular formula is C17H26FNO2. The van der Waals surface area contributed by atoms with Gasteiger partial charge in [0.15, 0.2) is 0 Å². The Morgan fingerprint density at radius 3 is 2.81 bits per heavy atom. The van der Waals surface area contributed by atoms with Crippen molar-refractivity contribution in [1.82, 2.24) is 5.32 Å². The zero-order valence-corrected chi connectivity index (χ0v) is 13.0. The van der Waals surface area contributed by atoms with E-state index in [2.05, 4.69) is 12.2 Å². The summed E-state index contributed by atoms with van der Waals surface area (Å²) < 4.78 is 18.9. The maximum absolute atomic E-state index is 13.2. The Hall–Kier alpha value is -1.13. The number of hydrogen-bond donors (Lipinski definition) is 2. The van der Waals surface area contributed by atoms with Gasteiger partial charge in [0.2, 0.25) is 0 Å². The summed E-state index contributed by atoms with van der Waals surface area (Å²) in [5.41, 5.74) is 0.748. The third-order valence-electron chi connectivity index (χ3n) is 4.27. The molecule has 2 rings (SSSR count). The highest BCUT2D eigenvalue weighted by atomic mass is 19.1. The first-order chi connectivity index (χ1) is 10.1. The molecule has 0 aliphatic heterocycles. The Morgan fingerprint density at radius 1 is 1.43 bits per heavy atom. The molecule has 1 aromatic rings. The zero-order valence-electron chi connectivity index (χ0n) is 13.0. The van der Waals surface area contributed by atoms with E-state index in [9.17, 15) is 9.50 Å². The second-order valence-electron chi connectivity index (χ2n) is 6.07. The van der Waals surface area contributed by atoms with Gasteiger partial charge in [-0.25, -0.2) is 4.39 Å². The number of nitrogens with one attached hydrogen (secondary N) is 1. The van der Waals surface area contributed by atoms with Crippen LogP contribution in [0.25, 0.3) is 0 Å². The van der Waals surface area contributed by atoms with Crippen molar-refractivity contribution >= 4 is 0 Å². The van der Waals surface area contributed by atoms with Gasteiger partial charge in [0.1, 0.15) is 11.6 Å². The van der Waals surface area contributed by atoms with Gasteiger partial charge in [0.25, 0.3) is 0 Å². The van der Waals surface area contributed by atoms with Crippen LogP contribution in [-0.2, 0) is 0 Å². The summed E-state index contributed by atoms with van der Waals surface area (Å²) in [5, 5.41) is 13.3. The molecule has 0 saturated heterocycles. The van der Waals surface area contributed by atoms with Crippen molar-refractivity contribution < 1.29 is 14.2 Å². The van der Waals surface area contributed by atoms with Crippen molar-refractivity contribution in [3.63, 3.8) is 0 Å². The Balaban J connectivity index is 1.80. The van der Waals surface area contributed by atoms with Crippen molar-refractivity contribution in [1.29, 1.82) is 0 Å². The molecule has 1 fully saturated rings. The van der Waals surface area contributed by atoms with E-state index in [4.69, 9.17) is 4.74 Å². The number of hydrogen-bond acceptors (Lipinski definition) is 3. The van der Waals surface area contributed by atoms with E-state index in [0.717, 1.165) is 24.8 Å². The normalized spacial score (nSPS) is 17.5. The first-order valence-electron chi connectivity index (χ1n) is 7.86. The summed E-state index contributed by atoms with van der Waals surface area (Å²) in [6.07, 6.45) is 5.02. The highest BCUT2D eigenvalue weighted by Crippen LogP contribution is 2.27. The summed E-state index contributed by atoms with van der Waals surface area (Å²) in [4.78, 5) is 0. The lowest BCUT2D eigenvalue weighted by atomic mass is 9.91. The van der Waals surface area contributed by atoms with Crippen LogP contribution < -0.4 is 10.1 Å². The van der Waals surface area contributed by atoms with Gasteiger partial charge in [0, 0.05) is 17.6 Å². The fourth-order valence-electron chi connectivity index (χ4n) is 2.57. The van der Waals surface area contributed by atoms with Crippen molar-refractivity contribution in [2.75, 3.05) is 13.2 Å². The van der Waals surface area contributed by atoms with Crippen LogP contribution in [-0.4, -0.2) is 29.9 Å². The van der Waals surface area contributed by atoms with Crippen LogP contribution in [0.4, 0.5) is 4.39 Å². The SMILES string of the molecule is CCC(CO)(CCCOc1cc(F)ccc1C)NC1CC1. The largest absolute Gasteiger partial charge is 0.493 e. The van der Waals surface area contributed by atoms with Crippen molar-refractivity contribution in [2.24, 2.45) is 0 Å². The minimum atomic E-state index is -0.274. The van der Waals surface area contributed by atoms with Gasteiger partial charge in [0.05, 0.1) is 13.2 Å². The molecular weight excluding hydrogens is 269 g/mol. The summed E-state index contributed by atoms with van der Waals surface area (Å²) in [7, 11) is 0. The van der Waals surface area contributed by atoms with Crippen molar-refractivity contribution in [3.05, 3.63) is 29.6 Å². The monoisotopic (exact) mass is 295 g/mol. The summed E-state index contributed by atoms with van der Waals surface area (Å²) in [5.74, 6) is 0.334. The van der Waals surface area contributed by atoms with Crippen LogP contribution >= 0.6 is 0 Å². The fourth-order valence-corrected chi connectivity index (χ4v) is 2.57. The highest BCUT2D eigenvalue weighted by molar-refractivity contribution is 5.32. The summed E-state index contributed by atoms with van der Waals surface area (Å²) >= 11 is 0. The minimum absolute atomic E-state index is 0.152. The second kappa shape index (κ2) is 7.23. The first-order valence-corrected chi connectivity index (χ1v) is 7.86. The Bertz CT molecular complexity index is 456. The number of rotatable bonds is 9. The molecule has 1 unspecified atom stereocenters. The van der Waals surface area contributed by atoms with E-state index in [-0.39, 0.29) is 18.0 Å². The number of aliphatic hydroxyl groups is 1. The average molecular weight is 295 g/mol. The molecule has 0 bridgehead atoms. The molecule has 0 spiro atoms. The van der Waals surface area contributed by atoms with E-state index in [1.165, 1.54) is 25.0 Å². The molecule has 1 aliphatic rings. The minimum Gasteiger partial charge on any atom is -0.493 e. The standard InChI is InChI=1S/C17H26FNO2/c1-3-17(12-20,19-15-7-8-15)9-4-10-21-16-11-14(18)6-5-13(16)2/h5-6,11,15,19-20H,3-4,7-10,12H2,1-2H3. The molecule has 118 valence electrons. The smallest absolute Gasteiger partial charge is 0.126 e. The summed E-state index contributed by atoms with van der Waals surface area (Å²) in [6, 6.07) is 5.17. The quantitative estimate of drug-likeness (QED) is 0.688. The molecule has 2 N–H and O–H groups in total. The van der Waals surface area contributed by atoms with Crippen molar-refractivity contribution in [2.45, 2.75) is 57.5 Å². The molecule has 0 aromatic heterocycles. The zero-order chi connectivity index (χ0) is 15.3. The maximum atomic E-state index is 13.2. The van der Waals surface area contributed by atoms with Crippen molar-refractivity contribution in [3.8, 4) is 5.75 Å². The van der Waals surface area contributed by atoms with E-state index in [0.29, 0.717) is 18.4 Å². The molecule has 3 nitrogen and oxygen atoms in total. The fraction of sp³-hybridized carbons (Fsp3) is 0.647. The van der Waals surface area contributed by atoms with Crippen LogP contribution in [0.5, 0.6) is 5.75 Å². The van der Waals surface area contributed by atoms with Crippen LogP contribution in [0.3, 0.4) is 0 Å². The van der Waals surface area contributed by atoms with E-state index < -0.39 is 0 Å². The molecule has 0 amide bonds. The lowest BCUT2D eigenvalue weighted by Gasteiger charge is -2.32. The molecule has 4 heteroatoms. The lowest BCUT2D eigenvalue weighted by Crippen LogP contribution is -2.49. The topological polar surface area (TPSA) is 41.5 Å². The molecule has 1 saturated carbocycles. The Labute approximate surface area is 126 Å². The van der Waals surface area contributed by atoms with E-state index >= 15 is 0 Å². The van der Waals surface area contributed by atoms with Gasteiger partial charge in [-0.3, -0.25) is 0 Å². The Kier molecular flexibility index (Phi) is 5.59. The maximum Gasteiger partial charge on any atom is 0.126 e. The van der Waals surface area contributed by atoms with Gasteiger partial charge in [-0.1, -0.05) is 13.0 Å². The van der Waals surface area contributed by atoms with Crippen LogP contribution in [0.15, 0.2) is 18.2 Å². The van der Waals surface area contributed by atoms with Gasteiger partial charge in [-0.2, -0.15) is 0 Å². The van der Waals surface area contributed by atoms with Gasteiger partial charge in [-0.15, -0.1) is 0 Å². The van der Waals surface area contributed by atoms with Gasteiger partial charge in [-0.05, 0) is 50.7 Å². The number of aliphatic hydroxyl groups excluding tert-OH is 1. The molecule has 1 aliphatic carbocycles. The predicted molar refractivity (Wildman–Crippen MR) is 82.1 cm³/mol. The number of benzene rings is 1. The number of ether oxygens (including phenoxy) is 1. The Morgan fingerprint density at radius 2 is 2.19 bits per heavy atom. The molecule has 0 heterocycles. The number of aryl methyl sites for hydroxylation is 1. The van der Waals surface area contributed by atoms with Crippen LogP contribution in [0.1, 0.15) is 44.6 Å². The van der Waals surface area contributed by atoms with Gasteiger partial charge < -0.3 is 15.2 Å². The lowest BCUT2D eigenvalue weighted by molar-refractivity contribution is 0.135. The molecule has 21 heavy (non-hydrogen) atoms. The van der Waals surface area contributed by atoms with Gasteiger partial charge >= 0.3 is 0 Å². The average Bonchev–Trinajstić information content (AvgIpc) is 3.29. The second-order valence-corrected chi connectivity index (χ2v) is 6.07. The predicted octanol–water partition coefficient (Wildman–Crippen LogP) is 3.19. The van der Waals surface area contributed by atoms with Crippen LogP contribution in [0, 0.1) is 12.7 Å². The molecule has 0 radical (unpaired) electrons. The molecule has 1 aromatic carbocycles. The third kappa shape index (κ3) is 4.68. The third-order valence-corrected chi connectivity index (χ3v) is 4.27. The van der Waals surface area contributed by atoms with Crippen LogP contribution in [0.2, 0.25) is 0 Å². The number of halogens is 1. The van der Waals surface area contributed by atoms with E-state index in [1.807, 2.05) is 6.92 Å². The summed E-state index contributed by atoms with van der Waals surface area (Å²) in [6.45, 7) is 4.70. The first kappa shape index (κ1) is 16.2.